The number of aliphatic imine (C=N–C) groups is 1. The van der Waals surface area contributed by atoms with Gasteiger partial charge in [0.2, 0.25) is 0 Å². The van der Waals surface area contributed by atoms with Crippen molar-refractivity contribution in [1.82, 2.24) is 19.7 Å². The van der Waals surface area contributed by atoms with Gasteiger partial charge in [0.25, 0.3) is 5.56 Å². The highest BCUT2D eigenvalue weighted by molar-refractivity contribution is 6.00. The number of pyridine rings is 1. The van der Waals surface area contributed by atoms with E-state index in [1.807, 2.05) is 37.3 Å². The Hall–Kier alpha value is -3.61. The maximum absolute atomic E-state index is 11.4. The van der Waals surface area contributed by atoms with E-state index in [1.165, 1.54) is 0 Å². The summed E-state index contributed by atoms with van der Waals surface area (Å²) in [5.41, 5.74) is 4.23. The van der Waals surface area contributed by atoms with Gasteiger partial charge in [-0.2, -0.15) is 0 Å². The smallest absolute Gasteiger partial charge is 0.264 e. The van der Waals surface area contributed by atoms with E-state index in [9.17, 15) is 9.90 Å². The zero-order valence-electron chi connectivity index (χ0n) is 13.4. The maximum atomic E-state index is 11.4. The van der Waals surface area contributed by atoms with E-state index in [-0.39, 0.29) is 11.4 Å². The molecule has 0 spiro atoms. The summed E-state index contributed by atoms with van der Waals surface area (Å²) in [4.78, 5) is 22.9. The molecule has 4 rings (SSSR count). The summed E-state index contributed by atoms with van der Waals surface area (Å²) in [5.74, 6) is 0.0367. The third-order valence-electron chi connectivity index (χ3n) is 3.94. The maximum Gasteiger partial charge on any atom is 0.264 e. The fraction of sp³-hybridized carbons (Fsp3) is 0.0556. The second-order valence-corrected chi connectivity index (χ2v) is 5.66. The Bertz CT molecular complexity index is 1130. The van der Waals surface area contributed by atoms with Crippen molar-refractivity contribution in [2.45, 2.75) is 6.92 Å². The number of benzene rings is 1. The van der Waals surface area contributed by atoms with Crippen LogP contribution in [0.5, 0.6) is 5.88 Å². The van der Waals surface area contributed by atoms with E-state index >= 15 is 0 Å². The standard InChI is InChI=1S/C18H15N5O2/c1-11-9-16(24)22-23(11)13-6-4-12(5-7-13)20-10-14-17-15(21-18(14)25)3-2-8-19-17/h2-10,21,25H,1H3,(H,22,24). The summed E-state index contributed by atoms with van der Waals surface area (Å²) in [6, 6.07) is 12.6. The number of fused-ring (bicyclic) bond motifs is 1. The van der Waals surface area contributed by atoms with Crippen LogP contribution in [0.2, 0.25) is 0 Å². The molecule has 3 N–H and O–H groups in total. The van der Waals surface area contributed by atoms with Gasteiger partial charge < -0.3 is 10.1 Å². The lowest BCUT2D eigenvalue weighted by molar-refractivity contribution is 0.457. The summed E-state index contributed by atoms with van der Waals surface area (Å²) in [6.45, 7) is 1.86. The van der Waals surface area contributed by atoms with Gasteiger partial charge in [-0.1, -0.05) is 0 Å². The van der Waals surface area contributed by atoms with Gasteiger partial charge in [0.15, 0.2) is 5.88 Å². The molecule has 3 heterocycles. The summed E-state index contributed by atoms with van der Waals surface area (Å²) in [5, 5.41) is 12.8. The van der Waals surface area contributed by atoms with Crippen molar-refractivity contribution in [3.05, 3.63) is 70.3 Å². The lowest BCUT2D eigenvalue weighted by Crippen LogP contribution is -2.03. The number of aromatic hydroxyl groups is 1. The van der Waals surface area contributed by atoms with Crippen molar-refractivity contribution in [2.24, 2.45) is 4.99 Å². The molecule has 25 heavy (non-hydrogen) atoms. The molecule has 1 aromatic carbocycles. The third kappa shape index (κ3) is 2.72. The molecule has 0 saturated heterocycles. The Labute approximate surface area is 142 Å². The van der Waals surface area contributed by atoms with Crippen LogP contribution in [-0.2, 0) is 0 Å². The SMILES string of the molecule is Cc1cc(=O)[nH]n1-c1ccc(N=Cc2c(O)[nH]c3cccnc23)cc1. The van der Waals surface area contributed by atoms with Crippen molar-refractivity contribution in [2.75, 3.05) is 0 Å². The lowest BCUT2D eigenvalue weighted by atomic mass is 10.2. The Morgan fingerprint density at radius 1 is 1.24 bits per heavy atom. The summed E-state index contributed by atoms with van der Waals surface area (Å²) in [6.07, 6.45) is 3.25. The van der Waals surface area contributed by atoms with Gasteiger partial charge in [0.1, 0.15) is 5.52 Å². The van der Waals surface area contributed by atoms with Crippen LogP contribution in [0.25, 0.3) is 16.7 Å². The van der Waals surface area contributed by atoms with Crippen LogP contribution in [0.3, 0.4) is 0 Å². The van der Waals surface area contributed by atoms with Crippen molar-refractivity contribution in [1.29, 1.82) is 0 Å². The van der Waals surface area contributed by atoms with Gasteiger partial charge >= 0.3 is 0 Å². The van der Waals surface area contributed by atoms with E-state index in [0.717, 1.165) is 22.6 Å². The molecule has 0 aliphatic carbocycles. The minimum Gasteiger partial charge on any atom is -0.494 e. The number of hydrogen-bond acceptors (Lipinski definition) is 4. The van der Waals surface area contributed by atoms with Gasteiger partial charge in [-0.3, -0.25) is 24.6 Å². The van der Waals surface area contributed by atoms with E-state index in [1.54, 1.807) is 29.2 Å². The fourth-order valence-electron chi connectivity index (χ4n) is 2.73. The first-order chi connectivity index (χ1) is 12.1. The highest BCUT2D eigenvalue weighted by atomic mass is 16.3. The summed E-state index contributed by atoms with van der Waals surface area (Å²) >= 11 is 0. The van der Waals surface area contributed by atoms with E-state index in [4.69, 9.17) is 0 Å². The monoisotopic (exact) mass is 333 g/mol. The Kier molecular flexibility index (Phi) is 3.46. The molecule has 0 fully saturated rings. The van der Waals surface area contributed by atoms with Crippen LogP contribution in [0.1, 0.15) is 11.3 Å². The van der Waals surface area contributed by atoms with Crippen LogP contribution < -0.4 is 5.56 Å². The molecule has 0 aliphatic heterocycles. The van der Waals surface area contributed by atoms with Crippen LogP contribution in [-0.4, -0.2) is 31.1 Å². The molecule has 0 atom stereocenters. The van der Waals surface area contributed by atoms with Gasteiger partial charge in [0.05, 0.1) is 22.5 Å². The second kappa shape index (κ2) is 5.79. The Balaban J connectivity index is 1.64. The first-order valence-corrected chi connectivity index (χ1v) is 7.70. The normalized spacial score (nSPS) is 11.6. The zero-order chi connectivity index (χ0) is 17.4. The molecule has 7 nitrogen and oxygen atoms in total. The molecule has 0 aliphatic rings. The molecule has 0 unspecified atom stereocenters. The second-order valence-electron chi connectivity index (χ2n) is 5.66. The number of hydrogen-bond donors (Lipinski definition) is 3. The number of nitrogens with zero attached hydrogens (tertiary/aromatic N) is 3. The lowest BCUT2D eigenvalue weighted by Gasteiger charge is -2.05. The molecular weight excluding hydrogens is 318 g/mol. The number of rotatable bonds is 3. The number of aromatic amines is 2. The molecule has 3 aromatic heterocycles. The van der Waals surface area contributed by atoms with Crippen LogP contribution in [0.4, 0.5) is 5.69 Å². The number of H-pyrrole nitrogens is 2. The largest absolute Gasteiger partial charge is 0.494 e. The molecule has 4 aromatic rings. The molecule has 0 saturated carbocycles. The van der Waals surface area contributed by atoms with Crippen LogP contribution in [0, 0.1) is 6.92 Å². The first kappa shape index (κ1) is 14.9. The fourth-order valence-corrected chi connectivity index (χ4v) is 2.73. The van der Waals surface area contributed by atoms with Crippen molar-refractivity contribution < 1.29 is 5.11 Å². The van der Waals surface area contributed by atoms with Crippen molar-refractivity contribution in [3.63, 3.8) is 0 Å². The topological polar surface area (TPSA) is 99.1 Å². The molecular formula is C18H15N5O2. The summed E-state index contributed by atoms with van der Waals surface area (Å²) < 4.78 is 1.71. The number of aryl methyl sites for hydroxylation is 1. The molecule has 0 bridgehead atoms. The van der Waals surface area contributed by atoms with Crippen LogP contribution in [0.15, 0.2) is 58.4 Å². The molecule has 0 amide bonds. The quantitative estimate of drug-likeness (QED) is 0.503. The molecule has 0 radical (unpaired) electrons. The molecule has 124 valence electrons. The van der Waals surface area contributed by atoms with Gasteiger partial charge in [0, 0.05) is 24.2 Å². The average Bonchev–Trinajstić information content (AvgIpc) is 3.11. The predicted molar refractivity (Wildman–Crippen MR) is 96.1 cm³/mol. The van der Waals surface area contributed by atoms with Crippen LogP contribution >= 0.6 is 0 Å². The molecule has 7 heteroatoms. The zero-order valence-corrected chi connectivity index (χ0v) is 13.4. The van der Waals surface area contributed by atoms with E-state index in [0.29, 0.717) is 11.1 Å². The third-order valence-corrected chi connectivity index (χ3v) is 3.94. The van der Waals surface area contributed by atoms with Gasteiger partial charge in [-0.15, -0.1) is 0 Å². The first-order valence-electron chi connectivity index (χ1n) is 7.70. The van der Waals surface area contributed by atoms with Crippen molar-refractivity contribution >= 4 is 22.9 Å². The number of nitrogens with one attached hydrogen (secondary N) is 2. The highest BCUT2D eigenvalue weighted by Gasteiger charge is 2.09. The van der Waals surface area contributed by atoms with E-state index in [2.05, 4.69) is 20.1 Å². The number of aromatic nitrogens is 4. The van der Waals surface area contributed by atoms with Gasteiger partial charge in [-0.25, -0.2) is 0 Å². The summed E-state index contributed by atoms with van der Waals surface area (Å²) in [7, 11) is 0. The minimum atomic E-state index is -0.137. The Morgan fingerprint density at radius 3 is 2.76 bits per heavy atom. The van der Waals surface area contributed by atoms with Crippen molar-refractivity contribution in [3.8, 4) is 11.6 Å². The predicted octanol–water partition coefficient (Wildman–Crippen LogP) is 2.81. The minimum absolute atomic E-state index is 0.0367. The van der Waals surface area contributed by atoms with E-state index < -0.39 is 0 Å². The Morgan fingerprint density at radius 2 is 2.04 bits per heavy atom. The van der Waals surface area contributed by atoms with Gasteiger partial charge in [-0.05, 0) is 43.3 Å². The average molecular weight is 333 g/mol. The highest BCUT2D eigenvalue weighted by Crippen LogP contribution is 2.24.